The van der Waals surface area contributed by atoms with Crippen molar-refractivity contribution in [3.05, 3.63) is 0 Å². The Kier molecular flexibility index (Phi) is 2.66. The molecule has 2 atom stereocenters. The van der Waals surface area contributed by atoms with Crippen molar-refractivity contribution in [2.75, 3.05) is 20.3 Å². The Balaban J connectivity index is 2.61. The maximum absolute atomic E-state index is 10.9. The zero-order chi connectivity index (χ0) is 9.19. The summed E-state index contributed by atoms with van der Waals surface area (Å²) in [5.41, 5.74) is 4.22. The van der Waals surface area contributed by atoms with Crippen molar-refractivity contribution in [2.45, 2.75) is 18.1 Å². The van der Waals surface area contributed by atoms with Crippen LogP contribution in [0.5, 0.6) is 0 Å². The molecule has 0 saturated carbocycles. The van der Waals surface area contributed by atoms with Crippen LogP contribution in [0.2, 0.25) is 0 Å². The molecular weight excluding hydrogens is 162 g/mol. The summed E-state index contributed by atoms with van der Waals surface area (Å²) in [6.45, 7) is 0.532. The first-order valence-electron chi connectivity index (χ1n) is 3.74. The van der Waals surface area contributed by atoms with Crippen molar-refractivity contribution in [2.24, 2.45) is 5.73 Å². The highest BCUT2D eigenvalue weighted by Crippen LogP contribution is 2.21. The monoisotopic (exact) mass is 175 g/mol. The smallest absolute Gasteiger partial charge is 0.325 e. The van der Waals surface area contributed by atoms with Crippen LogP contribution in [0.25, 0.3) is 0 Å². The van der Waals surface area contributed by atoms with E-state index in [1.807, 2.05) is 0 Å². The first-order chi connectivity index (χ1) is 5.60. The molecule has 70 valence electrons. The summed E-state index contributed by atoms with van der Waals surface area (Å²) in [7, 11) is 1.24. The number of esters is 1. The van der Waals surface area contributed by atoms with E-state index in [9.17, 15) is 9.90 Å². The van der Waals surface area contributed by atoms with E-state index in [1.165, 1.54) is 7.11 Å². The first kappa shape index (κ1) is 9.44. The van der Waals surface area contributed by atoms with Crippen LogP contribution in [0.3, 0.4) is 0 Å². The number of hydrogen-bond donors (Lipinski definition) is 2. The Morgan fingerprint density at radius 3 is 2.92 bits per heavy atom. The molecule has 1 saturated heterocycles. The van der Waals surface area contributed by atoms with Gasteiger partial charge in [0.1, 0.15) is 11.6 Å². The van der Waals surface area contributed by atoms with Crippen LogP contribution in [-0.2, 0) is 14.3 Å². The number of ether oxygens (including phenoxy) is 2. The molecule has 12 heavy (non-hydrogen) atoms. The van der Waals surface area contributed by atoms with Crippen molar-refractivity contribution in [1.29, 1.82) is 0 Å². The summed E-state index contributed by atoms with van der Waals surface area (Å²) < 4.78 is 9.35. The van der Waals surface area contributed by atoms with E-state index in [0.717, 1.165) is 0 Å². The minimum absolute atomic E-state index is 0.100. The molecule has 0 aromatic rings. The average Bonchev–Trinajstić information content (AvgIpc) is 2.50. The van der Waals surface area contributed by atoms with Gasteiger partial charge in [0.2, 0.25) is 0 Å². The molecule has 1 fully saturated rings. The molecule has 0 aromatic heterocycles. The Morgan fingerprint density at radius 1 is 1.83 bits per heavy atom. The Morgan fingerprint density at radius 2 is 2.50 bits per heavy atom. The molecule has 5 heteroatoms. The van der Waals surface area contributed by atoms with Gasteiger partial charge in [-0.3, -0.25) is 4.79 Å². The van der Waals surface area contributed by atoms with Crippen molar-refractivity contribution in [1.82, 2.24) is 0 Å². The second-order valence-corrected chi connectivity index (χ2v) is 2.91. The number of carbonyl (C=O) groups is 1. The Bertz CT molecular complexity index is 176. The Hall–Kier alpha value is -0.650. The van der Waals surface area contributed by atoms with Gasteiger partial charge in [0.15, 0.2) is 0 Å². The van der Waals surface area contributed by atoms with Gasteiger partial charge in [0, 0.05) is 13.0 Å². The predicted octanol–water partition coefficient (Wildman–Crippen LogP) is -1.36. The molecule has 3 N–H and O–H groups in total. The Labute approximate surface area is 70.4 Å². The second kappa shape index (κ2) is 3.38. The van der Waals surface area contributed by atoms with E-state index in [1.54, 1.807) is 0 Å². The van der Waals surface area contributed by atoms with E-state index in [-0.39, 0.29) is 6.61 Å². The summed E-state index contributed by atoms with van der Waals surface area (Å²) in [6, 6.07) is -1.01. The molecule has 0 aliphatic carbocycles. The lowest BCUT2D eigenvalue weighted by atomic mass is 9.94. The van der Waals surface area contributed by atoms with Crippen LogP contribution in [0, 0.1) is 0 Å². The first-order valence-corrected chi connectivity index (χ1v) is 3.74. The van der Waals surface area contributed by atoms with Gasteiger partial charge in [-0.1, -0.05) is 0 Å². The average molecular weight is 175 g/mol. The number of rotatable bonds is 2. The summed E-state index contributed by atoms with van der Waals surface area (Å²) in [4.78, 5) is 10.9. The van der Waals surface area contributed by atoms with Crippen molar-refractivity contribution in [3.8, 4) is 0 Å². The lowest BCUT2D eigenvalue weighted by Crippen LogP contribution is -2.53. The number of aliphatic hydroxyl groups is 1. The maximum Gasteiger partial charge on any atom is 0.325 e. The van der Waals surface area contributed by atoms with E-state index in [0.29, 0.717) is 13.0 Å². The van der Waals surface area contributed by atoms with E-state index in [4.69, 9.17) is 10.5 Å². The predicted molar refractivity (Wildman–Crippen MR) is 40.4 cm³/mol. The van der Waals surface area contributed by atoms with Gasteiger partial charge in [-0.15, -0.1) is 0 Å². The largest absolute Gasteiger partial charge is 0.468 e. The number of hydrogen-bond acceptors (Lipinski definition) is 5. The topological polar surface area (TPSA) is 81.8 Å². The number of methoxy groups -OCH3 is 1. The standard InChI is InChI=1S/C7H13NO4/c1-11-6(9)5(8)7(10)2-3-12-4-7/h5,10H,2-4,8H2,1H3/t5-,7+/m1/s1. The molecule has 1 aliphatic rings. The molecule has 0 unspecified atom stereocenters. The molecule has 0 aromatic carbocycles. The van der Waals surface area contributed by atoms with E-state index in [2.05, 4.69) is 4.74 Å². The molecule has 0 spiro atoms. The lowest BCUT2D eigenvalue weighted by Gasteiger charge is -2.25. The molecule has 1 rings (SSSR count). The molecule has 5 nitrogen and oxygen atoms in total. The minimum Gasteiger partial charge on any atom is -0.468 e. The van der Waals surface area contributed by atoms with Gasteiger partial charge in [-0.25, -0.2) is 0 Å². The normalized spacial score (nSPS) is 31.6. The van der Waals surface area contributed by atoms with Gasteiger partial charge in [0.25, 0.3) is 0 Å². The van der Waals surface area contributed by atoms with Crippen molar-refractivity contribution >= 4 is 5.97 Å². The van der Waals surface area contributed by atoms with Gasteiger partial charge in [-0.2, -0.15) is 0 Å². The van der Waals surface area contributed by atoms with Crippen LogP contribution in [0.15, 0.2) is 0 Å². The molecular formula is C7H13NO4. The molecule has 0 bridgehead atoms. The summed E-state index contributed by atoms with van der Waals surface area (Å²) in [6.07, 6.45) is 0.378. The van der Waals surface area contributed by atoms with Crippen LogP contribution in [0.1, 0.15) is 6.42 Å². The summed E-state index contributed by atoms with van der Waals surface area (Å²) in [5.74, 6) is -0.608. The van der Waals surface area contributed by atoms with Crippen LogP contribution < -0.4 is 5.73 Å². The zero-order valence-corrected chi connectivity index (χ0v) is 6.95. The van der Waals surface area contributed by atoms with Crippen LogP contribution >= 0.6 is 0 Å². The fourth-order valence-corrected chi connectivity index (χ4v) is 1.16. The number of nitrogens with two attached hydrogens (primary N) is 1. The van der Waals surface area contributed by atoms with Crippen molar-refractivity contribution < 1.29 is 19.4 Å². The highest BCUT2D eigenvalue weighted by Gasteiger charge is 2.42. The third-order valence-corrected chi connectivity index (χ3v) is 2.07. The molecule has 1 aliphatic heterocycles. The van der Waals surface area contributed by atoms with Crippen LogP contribution in [0.4, 0.5) is 0 Å². The molecule has 1 heterocycles. The highest BCUT2D eigenvalue weighted by molar-refractivity contribution is 5.77. The van der Waals surface area contributed by atoms with E-state index >= 15 is 0 Å². The fourth-order valence-electron chi connectivity index (χ4n) is 1.16. The maximum atomic E-state index is 10.9. The highest BCUT2D eigenvalue weighted by atomic mass is 16.5. The number of carbonyl (C=O) groups excluding carboxylic acids is 1. The summed E-state index contributed by atoms with van der Waals surface area (Å²) in [5, 5.41) is 9.71. The fraction of sp³-hybridized carbons (Fsp3) is 0.857. The van der Waals surface area contributed by atoms with Gasteiger partial charge >= 0.3 is 5.97 Å². The van der Waals surface area contributed by atoms with Crippen molar-refractivity contribution in [3.63, 3.8) is 0 Å². The summed E-state index contributed by atoms with van der Waals surface area (Å²) >= 11 is 0. The second-order valence-electron chi connectivity index (χ2n) is 2.91. The molecule has 0 radical (unpaired) electrons. The zero-order valence-electron chi connectivity index (χ0n) is 6.95. The molecule has 0 amide bonds. The third kappa shape index (κ3) is 1.57. The lowest BCUT2D eigenvalue weighted by molar-refractivity contribution is -0.149. The van der Waals surface area contributed by atoms with Gasteiger partial charge < -0.3 is 20.3 Å². The SMILES string of the molecule is COC(=O)[C@@H](N)[C@]1(O)CCOC1. The van der Waals surface area contributed by atoms with E-state index < -0.39 is 17.6 Å². The quantitative estimate of drug-likeness (QED) is 0.506. The van der Waals surface area contributed by atoms with Crippen LogP contribution in [-0.4, -0.2) is 43.0 Å². The van der Waals surface area contributed by atoms with Gasteiger partial charge in [-0.05, 0) is 0 Å². The third-order valence-electron chi connectivity index (χ3n) is 2.07. The van der Waals surface area contributed by atoms with Gasteiger partial charge in [0.05, 0.1) is 13.7 Å². The minimum atomic E-state index is -1.24.